The van der Waals surface area contributed by atoms with E-state index in [1.54, 1.807) is 0 Å². The molecular weight excluding hydrogens is 196 g/mol. The molecule has 0 aromatic rings. The second kappa shape index (κ2) is 5.05. The normalized spacial score (nSPS) is 42.2. The second-order valence-corrected chi connectivity index (χ2v) is 6.38. The molecule has 2 aliphatic rings. The molecule has 1 saturated carbocycles. The Labute approximate surface area is 101 Å². The van der Waals surface area contributed by atoms with Crippen LogP contribution in [-0.4, -0.2) is 29.6 Å². The van der Waals surface area contributed by atoms with Crippen molar-refractivity contribution in [3.8, 4) is 0 Å². The van der Waals surface area contributed by atoms with E-state index in [0.29, 0.717) is 0 Å². The van der Waals surface area contributed by atoms with Crippen LogP contribution in [0, 0.1) is 5.92 Å². The fourth-order valence-electron chi connectivity index (χ4n) is 3.64. The molecule has 2 fully saturated rings. The Balaban J connectivity index is 1.91. The third kappa shape index (κ3) is 2.98. The molecule has 0 aromatic heterocycles. The van der Waals surface area contributed by atoms with Gasteiger partial charge in [0, 0.05) is 18.1 Å². The van der Waals surface area contributed by atoms with E-state index in [1.807, 2.05) is 0 Å². The highest BCUT2D eigenvalue weighted by atomic mass is 15.2. The molecule has 1 heterocycles. The van der Waals surface area contributed by atoms with Gasteiger partial charge >= 0.3 is 0 Å². The molecule has 2 rings (SSSR count). The summed E-state index contributed by atoms with van der Waals surface area (Å²) >= 11 is 0. The lowest BCUT2D eigenvalue weighted by Crippen LogP contribution is -2.55. The molecular formula is C14H28N2. The highest BCUT2D eigenvalue weighted by molar-refractivity contribution is 4.93. The van der Waals surface area contributed by atoms with Crippen molar-refractivity contribution in [1.82, 2.24) is 4.90 Å². The predicted octanol–water partition coefficient (Wildman–Crippen LogP) is 2.77. The van der Waals surface area contributed by atoms with Gasteiger partial charge in [-0.2, -0.15) is 0 Å². The number of likely N-dealkylation sites (tertiary alicyclic amines) is 1. The molecule has 3 unspecified atom stereocenters. The summed E-state index contributed by atoms with van der Waals surface area (Å²) in [6, 6.07) is 0.756. The summed E-state index contributed by atoms with van der Waals surface area (Å²) in [6.07, 6.45) is 9.33. The van der Waals surface area contributed by atoms with Crippen molar-refractivity contribution in [3.63, 3.8) is 0 Å². The standard InChI is InChI=1S/C14H28N2/c1-12-6-5-8-14(15,10-12)11-16-9-4-3-7-13(16)2/h12-13H,3-11,15H2,1-2H3. The van der Waals surface area contributed by atoms with E-state index < -0.39 is 0 Å². The van der Waals surface area contributed by atoms with Gasteiger partial charge in [-0.3, -0.25) is 4.90 Å². The molecule has 2 N–H and O–H groups in total. The maximum atomic E-state index is 6.60. The minimum atomic E-state index is 0.114. The topological polar surface area (TPSA) is 29.3 Å². The number of hydrogen-bond donors (Lipinski definition) is 1. The van der Waals surface area contributed by atoms with E-state index in [2.05, 4.69) is 18.7 Å². The Bertz CT molecular complexity index is 229. The van der Waals surface area contributed by atoms with E-state index in [0.717, 1.165) is 18.5 Å². The first kappa shape index (κ1) is 12.4. The van der Waals surface area contributed by atoms with E-state index >= 15 is 0 Å². The number of piperidine rings is 1. The monoisotopic (exact) mass is 224 g/mol. The summed E-state index contributed by atoms with van der Waals surface area (Å²) in [4.78, 5) is 2.64. The maximum absolute atomic E-state index is 6.60. The summed E-state index contributed by atoms with van der Waals surface area (Å²) in [5, 5.41) is 0. The van der Waals surface area contributed by atoms with E-state index in [1.165, 1.54) is 51.5 Å². The Kier molecular flexibility index (Phi) is 3.91. The zero-order valence-electron chi connectivity index (χ0n) is 11.0. The molecule has 1 aliphatic heterocycles. The Morgan fingerprint density at radius 3 is 2.69 bits per heavy atom. The van der Waals surface area contributed by atoms with Gasteiger partial charge in [-0.05, 0) is 45.1 Å². The lowest BCUT2D eigenvalue weighted by atomic mass is 9.76. The smallest absolute Gasteiger partial charge is 0.0286 e. The van der Waals surface area contributed by atoms with Crippen molar-refractivity contribution in [3.05, 3.63) is 0 Å². The summed E-state index contributed by atoms with van der Waals surface area (Å²) in [7, 11) is 0. The molecule has 0 aromatic carbocycles. The average Bonchev–Trinajstić information content (AvgIpc) is 2.21. The largest absolute Gasteiger partial charge is 0.324 e. The fourth-order valence-corrected chi connectivity index (χ4v) is 3.64. The summed E-state index contributed by atoms with van der Waals surface area (Å²) in [5.41, 5.74) is 6.72. The summed E-state index contributed by atoms with van der Waals surface area (Å²) < 4.78 is 0. The second-order valence-electron chi connectivity index (χ2n) is 6.38. The minimum absolute atomic E-state index is 0.114. The zero-order chi connectivity index (χ0) is 11.6. The Morgan fingerprint density at radius 1 is 1.19 bits per heavy atom. The van der Waals surface area contributed by atoms with Gasteiger partial charge in [-0.15, -0.1) is 0 Å². The summed E-state index contributed by atoms with van der Waals surface area (Å²) in [5.74, 6) is 0.832. The van der Waals surface area contributed by atoms with Crippen molar-refractivity contribution in [2.75, 3.05) is 13.1 Å². The Morgan fingerprint density at radius 2 is 2.00 bits per heavy atom. The lowest BCUT2D eigenvalue weighted by molar-refractivity contribution is 0.0965. The van der Waals surface area contributed by atoms with Gasteiger partial charge in [0.25, 0.3) is 0 Å². The Hall–Kier alpha value is -0.0800. The van der Waals surface area contributed by atoms with Gasteiger partial charge in [-0.25, -0.2) is 0 Å². The van der Waals surface area contributed by atoms with Crippen LogP contribution in [0.15, 0.2) is 0 Å². The van der Waals surface area contributed by atoms with Crippen molar-refractivity contribution < 1.29 is 0 Å². The van der Waals surface area contributed by atoms with Gasteiger partial charge in [0.05, 0.1) is 0 Å². The molecule has 3 atom stereocenters. The van der Waals surface area contributed by atoms with Crippen molar-refractivity contribution in [1.29, 1.82) is 0 Å². The zero-order valence-corrected chi connectivity index (χ0v) is 11.0. The first-order valence-electron chi connectivity index (χ1n) is 7.12. The van der Waals surface area contributed by atoms with Crippen LogP contribution < -0.4 is 5.73 Å². The summed E-state index contributed by atoms with van der Waals surface area (Å²) in [6.45, 7) is 7.14. The number of nitrogens with zero attached hydrogens (tertiary/aromatic N) is 1. The highest BCUT2D eigenvalue weighted by Gasteiger charge is 2.34. The van der Waals surface area contributed by atoms with Crippen LogP contribution >= 0.6 is 0 Å². The van der Waals surface area contributed by atoms with E-state index in [4.69, 9.17) is 5.73 Å². The lowest BCUT2D eigenvalue weighted by Gasteiger charge is -2.43. The molecule has 0 spiro atoms. The highest BCUT2D eigenvalue weighted by Crippen LogP contribution is 2.32. The molecule has 1 saturated heterocycles. The van der Waals surface area contributed by atoms with Gasteiger partial charge < -0.3 is 5.73 Å². The van der Waals surface area contributed by atoms with Gasteiger partial charge in [0.1, 0.15) is 0 Å². The van der Waals surface area contributed by atoms with Gasteiger partial charge in [0.15, 0.2) is 0 Å². The number of hydrogen-bond acceptors (Lipinski definition) is 2. The predicted molar refractivity (Wildman–Crippen MR) is 69.4 cm³/mol. The number of nitrogens with two attached hydrogens (primary N) is 1. The molecule has 0 amide bonds. The van der Waals surface area contributed by atoms with Gasteiger partial charge in [-0.1, -0.05) is 26.2 Å². The van der Waals surface area contributed by atoms with Crippen LogP contribution in [0.25, 0.3) is 0 Å². The molecule has 0 bridgehead atoms. The van der Waals surface area contributed by atoms with Crippen LogP contribution in [0.1, 0.15) is 58.8 Å². The first-order chi connectivity index (χ1) is 7.59. The maximum Gasteiger partial charge on any atom is 0.0286 e. The molecule has 2 nitrogen and oxygen atoms in total. The average molecular weight is 224 g/mol. The van der Waals surface area contributed by atoms with Crippen LogP contribution in [0.2, 0.25) is 0 Å². The van der Waals surface area contributed by atoms with Crippen molar-refractivity contribution >= 4 is 0 Å². The van der Waals surface area contributed by atoms with Crippen molar-refractivity contribution in [2.45, 2.75) is 70.4 Å². The molecule has 16 heavy (non-hydrogen) atoms. The third-order valence-corrected chi connectivity index (χ3v) is 4.59. The minimum Gasteiger partial charge on any atom is -0.324 e. The number of rotatable bonds is 2. The fraction of sp³-hybridized carbons (Fsp3) is 1.00. The van der Waals surface area contributed by atoms with Crippen LogP contribution in [0.4, 0.5) is 0 Å². The van der Waals surface area contributed by atoms with Gasteiger partial charge in [0.2, 0.25) is 0 Å². The van der Waals surface area contributed by atoms with Crippen molar-refractivity contribution in [2.24, 2.45) is 11.7 Å². The van der Waals surface area contributed by atoms with Crippen LogP contribution in [0.3, 0.4) is 0 Å². The van der Waals surface area contributed by atoms with Crippen LogP contribution in [0.5, 0.6) is 0 Å². The van der Waals surface area contributed by atoms with E-state index in [9.17, 15) is 0 Å². The SMILES string of the molecule is CC1CCCC(N)(CN2CCCCC2C)C1. The quantitative estimate of drug-likeness (QED) is 0.781. The molecule has 94 valence electrons. The van der Waals surface area contributed by atoms with E-state index in [-0.39, 0.29) is 5.54 Å². The molecule has 0 radical (unpaired) electrons. The van der Waals surface area contributed by atoms with Crippen LogP contribution in [-0.2, 0) is 0 Å². The first-order valence-corrected chi connectivity index (χ1v) is 7.12. The third-order valence-electron chi connectivity index (χ3n) is 4.59. The molecule has 2 heteroatoms. The molecule has 1 aliphatic carbocycles.